The molecule has 4 heterocycles. The summed E-state index contributed by atoms with van der Waals surface area (Å²) in [5.74, 6) is 0. The molecule has 0 N–H and O–H groups in total. The van der Waals surface area contributed by atoms with E-state index in [9.17, 15) is 8.42 Å². The predicted octanol–water partition coefficient (Wildman–Crippen LogP) is 2.60. The molecule has 8 heteroatoms. The highest BCUT2D eigenvalue weighted by Crippen LogP contribution is 2.32. The molecule has 4 rings (SSSR count). The van der Waals surface area contributed by atoms with Gasteiger partial charge < -0.3 is 4.57 Å². The molecule has 0 aromatic carbocycles. The van der Waals surface area contributed by atoms with Gasteiger partial charge in [-0.05, 0) is 30.7 Å². The van der Waals surface area contributed by atoms with Gasteiger partial charge in [0.25, 0.3) is 10.0 Å². The molecule has 0 amide bonds. The van der Waals surface area contributed by atoms with Crippen molar-refractivity contribution in [2.75, 3.05) is 6.54 Å². The van der Waals surface area contributed by atoms with Gasteiger partial charge in [0, 0.05) is 25.5 Å². The van der Waals surface area contributed by atoms with Crippen molar-refractivity contribution >= 4 is 21.4 Å². The van der Waals surface area contributed by atoms with Crippen molar-refractivity contribution in [1.82, 2.24) is 18.8 Å². The van der Waals surface area contributed by atoms with Crippen LogP contribution >= 0.6 is 11.3 Å². The number of pyridine rings is 1. The van der Waals surface area contributed by atoms with Crippen LogP contribution in [-0.4, -0.2) is 33.8 Å². The smallest absolute Gasteiger partial charge is 0.252 e. The summed E-state index contributed by atoms with van der Waals surface area (Å²) in [5, 5.41) is 0. The lowest BCUT2D eigenvalue weighted by atomic mass is 10.3. The van der Waals surface area contributed by atoms with Gasteiger partial charge in [-0.3, -0.25) is 4.98 Å². The zero-order valence-corrected chi connectivity index (χ0v) is 14.5. The number of aromatic nitrogens is 3. The SMILES string of the molecule is O=S(=O)(c1ccc(-c2ccccn2)s1)N1CCCn2cncc2C1. The Labute approximate surface area is 144 Å². The summed E-state index contributed by atoms with van der Waals surface area (Å²) in [6, 6.07) is 9.11. The summed E-state index contributed by atoms with van der Waals surface area (Å²) < 4.78 is 29.9. The maximum atomic E-state index is 13.0. The second-order valence-electron chi connectivity index (χ2n) is 5.60. The maximum Gasteiger partial charge on any atom is 0.252 e. The number of nitrogens with zero attached hydrogens (tertiary/aromatic N) is 4. The van der Waals surface area contributed by atoms with Crippen LogP contribution in [0.5, 0.6) is 0 Å². The molecule has 124 valence electrons. The van der Waals surface area contributed by atoms with Crippen molar-refractivity contribution in [2.45, 2.75) is 23.7 Å². The van der Waals surface area contributed by atoms with Gasteiger partial charge in [0.05, 0.1) is 29.1 Å². The van der Waals surface area contributed by atoms with Crippen molar-refractivity contribution in [2.24, 2.45) is 0 Å². The molecule has 1 aliphatic rings. The van der Waals surface area contributed by atoms with Crippen molar-refractivity contribution in [1.29, 1.82) is 0 Å². The molecule has 0 atom stereocenters. The number of thiophene rings is 1. The molecule has 0 saturated carbocycles. The lowest BCUT2D eigenvalue weighted by Gasteiger charge is -2.18. The topological polar surface area (TPSA) is 68.1 Å². The van der Waals surface area contributed by atoms with Crippen LogP contribution in [0.3, 0.4) is 0 Å². The van der Waals surface area contributed by atoms with E-state index < -0.39 is 10.0 Å². The minimum absolute atomic E-state index is 0.358. The number of aryl methyl sites for hydroxylation is 1. The van der Waals surface area contributed by atoms with Gasteiger partial charge >= 0.3 is 0 Å². The first-order chi connectivity index (χ1) is 11.6. The van der Waals surface area contributed by atoms with Crippen molar-refractivity contribution in [3.05, 3.63) is 54.7 Å². The van der Waals surface area contributed by atoms with Gasteiger partial charge in [-0.15, -0.1) is 11.3 Å². The van der Waals surface area contributed by atoms with Gasteiger partial charge in [0.1, 0.15) is 4.21 Å². The van der Waals surface area contributed by atoms with Gasteiger partial charge in [0.15, 0.2) is 0 Å². The van der Waals surface area contributed by atoms with Crippen LogP contribution < -0.4 is 0 Å². The summed E-state index contributed by atoms with van der Waals surface area (Å²) in [7, 11) is -3.51. The molecule has 0 bridgehead atoms. The van der Waals surface area contributed by atoms with Crippen LogP contribution in [0, 0.1) is 0 Å². The second-order valence-corrected chi connectivity index (χ2v) is 8.85. The Morgan fingerprint density at radius 3 is 2.88 bits per heavy atom. The number of fused-ring (bicyclic) bond motifs is 1. The average molecular weight is 360 g/mol. The summed E-state index contributed by atoms with van der Waals surface area (Å²) in [6.45, 7) is 1.67. The fourth-order valence-electron chi connectivity index (χ4n) is 2.80. The lowest BCUT2D eigenvalue weighted by molar-refractivity contribution is 0.411. The zero-order chi connectivity index (χ0) is 16.6. The fraction of sp³-hybridized carbons (Fsp3) is 0.250. The monoisotopic (exact) mass is 360 g/mol. The lowest BCUT2D eigenvalue weighted by Crippen LogP contribution is -2.30. The molecular weight excluding hydrogens is 344 g/mol. The first-order valence-corrected chi connectivity index (χ1v) is 9.91. The van der Waals surface area contributed by atoms with Crippen LogP contribution in [-0.2, 0) is 23.1 Å². The van der Waals surface area contributed by atoms with E-state index >= 15 is 0 Å². The molecule has 3 aromatic heterocycles. The molecule has 24 heavy (non-hydrogen) atoms. The largest absolute Gasteiger partial charge is 0.333 e. The fourth-order valence-corrected chi connectivity index (χ4v) is 5.68. The van der Waals surface area contributed by atoms with E-state index in [1.165, 1.54) is 11.3 Å². The van der Waals surface area contributed by atoms with Crippen LogP contribution in [0.4, 0.5) is 0 Å². The molecule has 0 unspecified atom stereocenters. The summed E-state index contributed by atoms with van der Waals surface area (Å²) >= 11 is 1.26. The zero-order valence-electron chi connectivity index (χ0n) is 12.9. The maximum absolute atomic E-state index is 13.0. The van der Waals surface area contributed by atoms with E-state index in [1.807, 2.05) is 28.8 Å². The highest BCUT2D eigenvalue weighted by Gasteiger charge is 2.28. The Morgan fingerprint density at radius 1 is 1.12 bits per heavy atom. The number of hydrogen-bond acceptors (Lipinski definition) is 5. The van der Waals surface area contributed by atoms with Gasteiger partial charge in [0.2, 0.25) is 0 Å². The van der Waals surface area contributed by atoms with Crippen LogP contribution in [0.15, 0.2) is 53.3 Å². The number of imidazole rings is 1. The highest BCUT2D eigenvalue weighted by atomic mass is 32.2. The molecule has 0 saturated heterocycles. The minimum Gasteiger partial charge on any atom is -0.333 e. The summed E-state index contributed by atoms with van der Waals surface area (Å²) in [4.78, 5) is 9.25. The molecule has 0 aliphatic carbocycles. The van der Waals surface area contributed by atoms with E-state index in [-0.39, 0.29) is 0 Å². The normalized spacial score (nSPS) is 15.8. The molecular formula is C16H16N4O2S2. The van der Waals surface area contributed by atoms with Gasteiger partial charge in [-0.2, -0.15) is 4.31 Å². The Bertz CT molecular complexity index is 947. The quantitative estimate of drug-likeness (QED) is 0.720. The van der Waals surface area contributed by atoms with Crippen LogP contribution in [0.1, 0.15) is 12.1 Å². The number of rotatable bonds is 3. The molecule has 6 nitrogen and oxygen atoms in total. The molecule has 0 radical (unpaired) electrons. The summed E-state index contributed by atoms with van der Waals surface area (Å²) in [6.07, 6.45) is 5.98. The Morgan fingerprint density at radius 2 is 2.04 bits per heavy atom. The van der Waals surface area contributed by atoms with E-state index in [4.69, 9.17) is 0 Å². The number of hydrogen-bond donors (Lipinski definition) is 0. The first-order valence-electron chi connectivity index (χ1n) is 7.65. The third-order valence-corrected chi connectivity index (χ3v) is 7.46. The Hall–Kier alpha value is -2.03. The van der Waals surface area contributed by atoms with E-state index in [2.05, 4.69) is 9.97 Å². The Kier molecular flexibility index (Phi) is 3.95. The molecule has 0 spiro atoms. The van der Waals surface area contributed by atoms with E-state index in [0.29, 0.717) is 17.3 Å². The molecule has 3 aromatic rings. The standard InChI is InChI=1S/C16H16N4O2S2/c21-24(22,20-9-3-8-19-12-17-10-13(19)11-20)16-6-5-15(23-16)14-4-1-2-7-18-14/h1-2,4-7,10,12H,3,8-9,11H2. The first kappa shape index (κ1) is 15.5. The average Bonchev–Trinajstić information content (AvgIpc) is 3.21. The second kappa shape index (κ2) is 6.12. The summed E-state index contributed by atoms with van der Waals surface area (Å²) in [5.41, 5.74) is 1.72. The van der Waals surface area contributed by atoms with Gasteiger partial charge in [-0.1, -0.05) is 6.07 Å². The van der Waals surface area contributed by atoms with Gasteiger partial charge in [-0.25, -0.2) is 13.4 Å². The van der Waals surface area contributed by atoms with E-state index in [0.717, 1.165) is 29.2 Å². The van der Waals surface area contributed by atoms with Crippen LogP contribution in [0.2, 0.25) is 0 Å². The highest BCUT2D eigenvalue weighted by molar-refractivity contribution is 7.91. The van der Waals surface area contributed by atoms with Crippen molar-refractivity contribution in [3.63, 3.8) is 0 Å². The van der Waals surface area contributed by atoms with Crippen molar-refractivity contribution in [3.8, 4) is 10.6 Å². The van der Waals surface area contributed by atoms with Crippen LogP contribution in [0.25, 0.3) is 10.6 Å². The molecule has 0 fully saturated rings. The van der Waals surface area contributed by atoms with E-state index in [1.54, 1.807) is 29.1 Å². The third-order valence-electron chi connectivity index (χ3n) is 4.04. The Balaban J connectivity index is 1.65. The third kappa shape index (κ3) is 2.77. The predicted molar refractivity (Wildman–Crippen MR) is 92.0 cm³/mol. The number of sulfonamides is 1. The minimum atomic E-state index is -3.51. The van der Waals surface area contributed by atoms with Crippen molar-refractivity contribution < 1.29 is 8.42 Å². The molecule has 1 aliphatic heterocycles.